The molecule has 17 heavy (non-hydrogen) atoms. The van der Waals surface area contributed by atoms with Crippen molar-refractivity contribution in [3.8, 4) is 0 Å². The largest absolute Gasteiger partial charge is 0.477 e. The summed E-state index contributed by atoms with van der Waals surface area (Å²) < 4.78 is 0. The maximum Gasteiger partial charge on any atom is 0.342 e. The van der Waals surface area contributed by atoms with Crippen molar-refractivity contribution in [1.82, 2.24) is 0 Å². The number of carboxylic acid groups (broad SMARTS) is 1. The molecule has 2 N–H and O–H groups in total. The number of nitrogens with one attached hydrogen (secondary N) is 1. The number of carbonyl (C=O) groups excluding carboxylic acids is 1. The van der Waals surface area contributed by atoms with Crippen molar-refractivity contribution in [1.29, 1.82) is 0 Å². The van der Waals surface area contributed by atoms with E-state index in [2.05, 4.69) is 5.32 Å². The molecule has 1 aromatic carbocycles. The average Bonchev–Trinajstić information content (AvgIpc) is 2.19. The Morgan fingerprint density at radius 2 is 2.06 bits per heavy atom. The number of carbonyl (C=O) groups is 2. The lowest BCUT2D eigenvalue weighted by Crippen LogP contribution is -2.11. The Morgan fingerprint density at radius 1 is 1.47 bits per heavy atom. The van der Waals surface area contributed by atoms with Crippen LogP contribution in [0.4, 0.5) is 11.4 Å². The third-order valence-electron chi connectivity index (χ3n) is 1.84. The molecule has 7 nitrogen and oxygen atoms in total. The number of halogens is 1. The highest BCUT2D eigenvalue weighted by Crippen LogP contribution is 2.35. The fourth-order valence-corrected chi connectivity index (χ4v) is 1.42. The Bertz CT molecular complexity index is 514. The van der Waals surface area contributed by atoms with Gasteiger partial charge in [-0.1, -0.05) is 11.6 Å². The van der Waals surface area contributed by atoms with Gasteiger partial charge in [-0.2, -0.15) is 0 Å². The van der Waals surface area contributed by atoms with Crippen molar-refractivity contribution in [2.75, 3.05) is 5.32 Å². The van der Waals surface area contributed by atoms with Crippen molar-refractivity contribution in [3.05, 3.63) is 32.8 Å². The highest BCUT2D eigenvalue weighted by molar-refractivity contribution is 6.34. The number of aromatic carboxylic acids is 1. The second kappa shape index (κ2) is 4.79. The molecule has 0 unspecified atom stereocenters. The number of carboxylic acids is 1. The molecule has 0 saturated carbocycles. The fraction of sp³-hybridized carbons (Fsp3) is 0.111. The van der Waals surface area contributed by atoms with Crippen LogP contribution in [0, 0.1) is 10.1 Å². The zero-order chi connectivity index (χ0) is 13.2. The molecule has 0 atom stereocenters. The molecule has 0 spiro atoms. The van der Waals surface area contributed by atoms with E-state index in [0.29, 0.717) is 0 Å². The van der Waals surface area contributed by atoms with Gasteiger partial charge in [-0.25, -0.2) is 4.79 Å². The van der Waals surface area contributed by atoms with Gasteiger partial charge in [0.15, 0.2) is 0 Å². The monoisotopic (exact) mass is 258 g/mol. The molecule has 0 aliphatic rings. The molecular formula is C9H7ClN2O5. The summed E-state index contributed by atoms with van der Waals surface area (Å²) in [4.78, 5) is 31.6. The van der Waals surface area contributed by atoms with Gasteiger partial charge in [0.05, 0.1) is 9.95 Å². The predicted molar refractivity (Wildman–Crippen MR) is 59.4 cm³/mol. The van der Waals surface area contributed by atoms with Crippen LogP contribution in [0.15, 0.2) is 12.1 Å². The summed E-state index contributed by atoms with van der Waals surface area (Å²) in [6, 6.07) is 2.18. The van der Waals surface area contributed by atoms with Crippen molar-refractivity contribution >= 4 is 34.9 Å². The minimum absolute atomic E-state index is 0.100. The molecule has 0 aromatic heterocycles. The summed E-state index contributed by atoms with van der Waals surface area (Å²) in [5.41, 5.74) is -1.59. The zero-order valence-corrected chi connectivity index (χ0v) is 9.32. The van der Waals surface area contributed by atoms with Gasteiger partial charge in [-0.15, -0.1) is 0 Å². The normalized spacial score (nSPS) is 9.76. The molecule has 0 fully saturated rings. The molecule has 1 amide bonds. The summed E-state index contributed by atoms with van der Waals surface area (Å²) in [6.45, 7) is 1.13. The molecule has 0 aliphatic carbocycles. The Labute approximate surface area is 100 Å². The first kappa shape index (κ1) is 12.9. The van der Waals surface area contributed by atoms with Crippen LogP contribution in [0.1, 0.15) is 17.3 Å². The van der Waals surface area contributed by atoms with E-state index in [0.717, 1.165) is 13.0 Å². The number of nitrogens with zero attached hydrogens (tertiary/aromatic N) is 1. The average molecular weight is 259 g/mol. The van der Waals surface area contributed by atoms with Crippen molar-refractivity contribution in [3.63, 3.8) is 0 Å². The minimum Gasteiger partial charge on any atom is -0.477 e. The Balaban J connectivity index is 3.54. The third kappa shape index (κ3) is 2.70. The second-order valence-corrected chi connectivity index (χ2v) is 3.47. The minimum atomic E-state index is -1.47. The lowest BCUT2D eigenvalue weighted by molar-refractivity contribution is -0.384. The van der Waals surface area contributed by atoms with E-state index >= 15 is 0 Å². The SMILES string of the molecule is CC(=O)Nc1c(Cl)ccc(C(=O)O)c1[N+](=O)[O-]. The van der Waals surface area contributed by atoms with Crippen molar-refractivity contribution in [2.24, 2.45) is 0 Å². The van der Waals surface area contributed by atoms with Gasteiger partial charge >= 0.3 is 11.7 Å². The number of hydrogen-bond acceptors (Lipinski definition) is 4. The van der Waals surface area contributed by atoms with Crippen LogP contribution in [0.2, 0.25) is 5.02 Å². The summed E-state index contributed by atoms with van der Waals surface area (Å²) in [5, 5.41) is 21.7. The van der Waals surface area contributed by atoms with Crippen LogP contribution in [0.25, 0.3) is 0 Å². The van der Waals surface area contributed by atoms with Crippen LogP contribution in [-0.4, -0.2) is 21.9 Å². The van der Waals surface area contributed by atoms with Crippen LogP contribution < -0.4 is 5.32 Å². The number of nitro groups is 1. The topological polar surface area (TPSA) is 110 Å². The van der Waals surface area contributed by atoms with Gasteiger partial charge in [0.2, 0.25) is 5.91 Å². The van der Waals surface area contributed by atoms with Gasteiger partial charge in [0, 0.05) is 6.92 Å². The van der Waals surface area contributed by atoms with Crippen molar-refractivity contribution in [2.45, 2.75) is 6.92 Å². The molecule has 0 radical (unpaired) electrons. The van der Waals surface area contributed by atoms with Gasteiger partial charge in [-0.3, -0.25) is 14.9 Å². The van der Waals surface area contributed by atoms with Crippen LogP contribution in [0.3, 0.4) is 0 Å². The molecular weight excluding hydrogens is 252 g/mol. The zero-order valence-electron chi connectivity index (χ0n) is 8.56. The molecule has 0 saturated heterocycles. The summed E-state index contributed by atoms with van der Waals surface area (Å²) in [7, 11) is 0. The number of anilines is 1. The molecule has 0 heterocycles. The highest BCUT2D eigenvalue weighted by Gasteiger charge is 2.27. The maximum atomic E-state index is 10.9. The van der Waals surface area contributed by atoms with E-state index in [1.807, 2.05) is 0 Å². The summed E-state index contributed by atoms with van der Waals surface area (Å²) in [5.74, 6) is -2.06. The molecule has 1 aromatic rings. The first-order valence-electron chi connectivity index (χ1n) is 4.32. The number of benzene rings is 1. The lowest BCUT2D eigenvalue weighted by Gasteiger charge is -2.07. The van der Waals surface area contributed by atoms with E-state index < -0.39 is 28.1 Å². The Morgan fingerprint density at radius 3 is 2.47 bits per heavy atom. The van der Waals surface area contributed by atoms with Crippen LogP contribution >= 0.6 is 11.6 Å². The van der Waals surface area contributed by atoms with E-state index in [1.54, 1.807) is 0 Å². The predicted octanol–water partition coefficient (Wildman–Crippen LogP) is 1.90. The number of nitro benzene ring substituents is 1. The smallest absolute Gasteiger partial charge is 0.342 e. The third-order valence-corrected chi connectivity index (χ3v) is 2.16. The number of rotatable bonds is 3. The highest BCUT2D eigenvalue weighted by atomic mass is 35.5. The first-order valence-corrected chi connectivity index (χ1v) is 4.70. The number of amides is 1. The number of hydrogen-bond donors (Lipinski definition) is 2. The summed E-state index contributed by atoms with van der Waals surface area (Å²) >= 11 is 5.68. The maximum absolute atomic E-state index is 10.9. The van der Waals surface area contributed by atoms with Gasteiger partial charge in [0.1, 0.15) is 11.3 Å². The van der Waals surface area contributed by atoms with E-state index in [4.69, 9.17) is 16.7 Å². The van der Waals surface area contributed by atoms with Crippen LogP contribution in [-0.2, 0) is 4.79 Å². The van der Waals surface area contributed by atoms with Crippen molar-refractivity contribution < 1.29 is 19.6 Å². The quantitative estimate of drug-likeness (QED) is 0.635. The van der Waals surface area contributed by atoms with E-state index in [9.17, 15) is 19.7 Å². The molecule has 1 rings (SSSR count). The Hall–Kier alpha value is -2.15. The summed E-state index contributed by atoms with van der Waals surface area (Å²) in [6.07, 6.45) is 0. The van der Waals surface area contributed by atoms with E-state index in [-0.39, 0.29) is 10.7 Å². The van der Waals surface area contributed by atoms with E-state index in [1.165, 1.54) is 6.07 Å². The molecule has 8 heteroatoms. The van der Waals surface area contributed by atoms with Gasteiger partial charge in [-0.05, 0) is 12.1 Å². The molecule has 0 bridgehead atoms. The molecule has 90 valence electrons. The van der Waals surface area contributed by atoms with Gasteiger partial charge < -0.3 is 10.4 Å². The van der Waals surface area contributed by atoms with Gasteiger partial charge in [0.25, 0.3) is 0 Å². The fourth-order valence-electron chi connectivity index (χ4n) is 1.22. The lowest BCUT2D eigenvalue weighted by atomic mass is 10.1. The molecule has 0 aliphatic heterocycles. The Kier molecular flexibility index (Phi) is 3.64. The van der Waals surface area contributed by atoms with Crippen LogP contribution in [0.5, 0.6) is 0 Å². The second-order valence-electron chi connectivity index (χ2n) is 3.06. The standard InChI is InChI=1S/C9H7ClN2O5/c1-4(13)11-7-6(10)3-2-5(9(14)15)8(7)12(16)17/h2-3H,1H3,(H,11,13)(H,14,15). The first-order chi connectivity index (χ1) is 7.84.